The maximum absolute atomic E-state index is 11.7. The molecule has 0 aliphatic rings. The molecule has 1 aromatic heterocycles. The lowest BCUT2D eigenvalue weighted by atomic mass is 10.2. The van der Waals surface area contributed by atoms with E-state index in [0.29, 0.717) is 6.54 Å². The Morgan fingerprint density at radius 2 is 2.16 bits per heavy atom. The topological polar surface area (TPSA) is 91.4 Å². The minimum absolute atomic E-state index is 0.306. The Labute approximate surface area is 113 Å². The normalized spacial score (nSPS) is 13.3. The zero-order chi connectivity index (χ0) is 14.5. The van der Waals surface area contributed by atoms with Gasteiger partial charge in [0.05, 0.1) is 6.04 Å². The summed E-state index contributed by atoms with van der Waals surface area (Å²) in [6.45, 7) is 1.79. The van der Waals surface area contributed by atoms with Gasteiger partial charge in [0, 0.05) is 33.0 Å². The molecule has 1 aromatic rings. The van der Waals surface area contributed by atoms with Crippen LogP contribution in [0.2, 0.25) is 0 Å². The molecule has 0 fully saturated rings. The average molecular weight is 286 g/mol. The van der Waals surface area contributed by atoms with E-state index >= 15 is 0 Å². The van der Waals surface area contributed by atoms with Gasteiger partial charge in [-0.15, -0.1) is 0 Å². The van der Waals surface area contributed by atoms with Crippen LogP contribution in [0.25, 0.3) is 0 Å². The van der Waals surface area contributed by atoms with Crippen LogP contribution < -0.4 is 10.0 Å². The molecule has 1 amide bonds. The molecule has 0 saturated heterocycles. The first kappa shape index (κ1) is 15.5. The molecule has 0 aromatic carbocycles. The summed E-state index contributed by atoms with van der Waals surface area (Å²) >= 11 is 0. The van der Waals surface area contributed by atoms with Gasteiger partial charge < -0.3 is 5.32 Å². The van der Waals surface area contributed by atoms with Gasteiger partial charge in [0.25, 0.3) is 10.2 Å². The van der Waals surface area contributed by atoms with Crippen LogP contribution in [0.3, 0.4) is 0 Å². The Kier molecular flexibility index (Phi) is 5.40. The van der Waals surface area contributed by atoms with Crippen LogP contribution in [0.5, 0.6) is 0 Å². The standard InChI is InChI=1S/C11H18N4O3S/c1-9(14-19(17,18)15(2)3)11(16)13-8-10-5-4-6-12-7-10/h4-7,9,14H,8H2,1-3H3,(H,13,16)/t9-/m1/s1. The number of hydrogen-bond donors (Lipinski definition) is 2. The molecule has 7 nitrogen and oxygen atoms in total. The fourth-order valence-corrected chi connectivity index (χ4v) is 1.99. The van der Waals surface area contributed by atoms with Crippen LogP contribution in [0, 0.1) is 0 Å². The van der Waals surface area contributed by atoms with E-state index < -0.39 is 22.2 Å². The minimum atomic E-state index is -3.62. The van der Waals surface area contributed by atoms with Crippen molar-refractivity contribution >= 4 is 16.1 Å². The van der Waals surface area contributed by atoms with E-state index in [1.54, 1.807) is 18.5 Å². The fourth-order valence-electron chi connectivity index (χ4n) is 1.23. The van der Waals surface area contributed by atoms with Gasteiger partial charge in [-0.3, -0.25) is 9.78 Å². The van der Waals surface area contributed by atoms with E-state index in [1.807, 2.05) is 6.07 Å². The molecule has 0 aliphatic carbocycles. The molecule has 106 valence electrons. The molecule has 1 atom stereocenters. The SMILES string of the molecule is C[C@@H](NS(=O)(=O)N(C)C)C(=O)NCc1cccnc1. The number of nitrogens with zero attached hydrogens (tertiary/aromatic N) is 2. The first-order valence-electron chi connectivity index (χ1n) is 5.69. The van der Waals surface area contributed by atoms with Crippen molar-refractivity contribution in [2.24, 2.45) is 0 Å². The second-order valence-electron chi connectivity index (χ2n) is 4.21. The summed E-state index contributed by atoms with van der Waals surface area (Å²) in [4.78, 5) is 15.7. The van der Waals surface area contributed by atoms with Crippen molar-refractivity contribution in [2.75, 3.05) is 14.1 Å². The summed E-state index contributed by atoms with van der Waals surface area (Å²) in [7, 11) is -0.832. The quantitative estimate of drug-likeness (QED) is 0.736. The molecule has 1 heterocycles. The van der Waals surface area contributed by atoms with Crippen molar-refractivity contribution in [3.63, 3.8) is 0 Å². The number of carbonyl (C=O) groups excluding carboxylic acids is 1. The van der Waals surface area contributed by atoms with Crippen molar-refractivity contribution < 1.29 is 13.2 Å². The van der Waals surface area contributed by atoms with Crippen molar-refractivity contribution in [2.45, 2.75) is 19.5 Å². The lowest BCUT2D eigenvalue weighted by Crippen LogP contribution is -2.48. The monoisotopic (exact) mass is 286 g/mol. The van der Waals surface area contributed by atoms with Gasteiger partial charge in [-0.2, -0.15) is 17.4 Å². The largest absolute Gasteiger partial charge is 0.351 e. The molecule has 0 radical (unpaired) electrons. The zero-order valence-electron chi connectivity index (χ0n) is 11.1. The highest BCUT2D eigenvalue weighted by Crippen LogP contribution is 1.96. The van der Waals surface area contributed by atoms with Gasteiger partial charge in [0.2, 0.25) is 5.91 Å². The minimum Gasteiger partial charge on any atom is -0.351 e. The molecule has 0 aliphatic heterocycles. The van der Waals surface area contributed by atoms with Gasteiger partial charge in [-0.1, -0.05) is 6.07 Å². The third-order valence-corrected chi connectivity index (χ3v) is 4.00. The Bertz CT molecular complexity index is 516. The van der Waals surface area contributed by atoms with Crippen molar-refractivity contribution in [1.82, 2.24) is 19.3 Å². The third-order valence-electron chi connectivity index (χ3n) is 2.39. The van der Waals surface area contributed by atoms with Gasteiger partial charge in [0.15, 0.2) is 0 Å². The van der Waals surface area contributed by atoms with Crippen LogP contribution in [-0.4, -0.2) is 43.8 Å². The summed E-state index contributed by atoms with van der Waals surface area (Å²) in [6.07, 6.45) is 3.27. The Balaban J connectivity index is 2.50. The predicted octanol–water partition coefficient (Wildman–Crippen LogP) is -0.518. The van der Waals surface area contributed by atoms with E-state index in [4.69, 9.17) is 0 Å². The lowest BCUT2D eigenvalue weighted by molar-refractivity contribution is -0.122. The molecule has 0 saturated carbocycles. The Hall–Kier alpha value is -1.51. The maximum atomic E-state index is 11.7. The zero-order valence-corrected chi connectivity index (χ0v) is 11.9. The molecular formula is C11H18N4O3S. The number of carbonyl (C=O) groups is 1. The predicted molar refractivity (Wildman–Crippen MR) is 71.3 cm³/mol. The van der Waals surface area contributed by atoms with Crippen molar-refractivity contribution in [3.05, 3.63) is 30.1 Å². The number of hydrogen-bond acceptors (Lipinski definition) is 4. The first-order chi connectivity index (χ1) is 8.83. The molecule has 2 N–H and O–H groups in total. The van der Waals surface area contributed by atoms with Crippen molar-refractivity contribution in [3.8, 4) is 0 Å². The number of nitrogens with one attached hydrogen (secondary N) is 2. The molecule has 1 rings (SSSR count). The van der Waals surface area contributed by atoms with Crippen molar-refractivity contribution in [1.29, 1.82) is 0 Å². The number of amides is 1. The van der Waals surface area contributed by atoms with Crippen LogP contribution in [-0.2, 0) is 21.5 Å². The van der Waals surface area contributed by atoms with Gasteiger partial charge in [-0.05, 0) is 18.6 Å². The molecule has 0 bridgehead atoms. The fraction of sp³-hybridized carbons (Fsp3) is 0.455. The van der Waals surface area contributed by atoms with E-state index in [0.717, 1.165) is 9.87 Å². The van der Waals surface area contributed by atoms with E-state index in [1.165, 1.54) is 21.0 Å². The lowest BCUT2D eigenvalue weighted by Gasteiger charge is -2.17. The highest BCUT2D eigenvalue weighted by atomic mass is 32.2. The molecule has 8 heteroatoms. The maximum Gasteiger partial charge on any atom is 0.279 e. The van der Waals surface area contributed by atoms with Gasteiger partial charge in [0.1, 0.15) is 0 Å². The van der Waals surface area contributed by atoms with E-state index in [-0.39, 0.29) is 0 Å². The highest BCUT2D eigenvalue weighted by molar-refractivity contribution is 7.87. The summed E-state index contributed by atoms with van der Waals surface area (Å²) in [6, 6.07) is 2.74. The second kappa shape index (κ2) is 6.60. The van der Waals surface area contributed by atoms with E-state index in [2.05, 4.69) is 15.0 Å². The van der Waals surface area contributed by atoms with Gasteiger partial charge >= 0.3 is 0 Å². The number of aromatic nitrogens is 1. The summed E-state index contributed by atoms with van der Waals surface area (Å²) in [5, 5.41) is 2.64. The van der Waals surface area contributed by atoms with Crippen LogP contribution >= 0.6 is 0 Å². The summed E-state index contributed by atoms with van der Waals surface area (Å²) in [5.74, 6) is -0.394. The Morgan fingerprint density at radius 3 is 2.68 bits per heavy atom. The smallest absolute Gasteiger partial charge is 0.279 e. The number of rotatable bonds is 6. The molecule has 19 heavy (non-hydrogen) atoms. The number of pyridine rings is 1. The van der Waals surface area contributed by atoms with Crippen LogP contribution in [0.15, 0.2) is 24.5 Å². The Morgan fingerprint density at radius 1 is 1.47 bits per heavy atom. The van der Waals surface area contributed by atoms with E-state index in [9.17, 15) is 13.2 Å². The van der Waals surface area contributed by atoms with Crippen LogP contribution in [0.4, 0.5) is 0 Å². The summed E-state index contributed by atoms with van der Waals surface area (Å²) in [5.41, 5.74) is 0.846. The molecule has 0 unspecified atom stereocenters. The third kappa shape index (κ3) is 4.93. The molecule has 0 spiro atoms. The molecular weight excluding hydrogens is 268 g/mol. The second-order valence-corrected chi connectivity index (χ2v) is 6.12. The van der Waals surface area contributed by atoms with Gasteiger partial charge in [-0.25, -0.2) is 0 Å². The summed E-state index contributed by atoms with van der Waals surface area (Å²) < 4.78 is 26.4. The highest BCUT2D eigenvalue weighted by Gasteiger charge is 2.21. The first-order valence-corrected chi connectivity index (χ1v) is 7.13. The van der Waals surface area contributed by atoms with Crippen LogP contribution in [0.1, 0.15) is 12.5 Å². The average Bonchev–Trinajstić information content (AvgIpc) is 2.36.